The number of likely N-dealkylation sites (tertiary alicyclic amines) is 1. The molecule has 0 radical (unpaired) electrons. The molecule has 1 N–H and O–H groups in total. The van der Waals surface area contributed by atoms with Gasteiger partial charge in [0.05, 0.1) is 6.42 Å². The molecule has 1 aromatic rings. The van der Waals surface area contributed by atoms with Crippen molar-refractivity contribution in [2.75, 3.05) is 19.6 Å². The SMILES string of the molecule is C/C(=C\c1ccccc1)[C@@H]1C[C@H]1N(C(=O)OC(C)(C)C)C1CCN(CCC(=O)O)CC1. The zero-order valence-corrected chi connectivity index (χ0v) is 19.2. The summed E-state index contributed by atoms with van der Waals surface area (Å²) in [5.74, 6) is -0.406. The van der Waals surface area contributed by atoms with Crippen LogP contribution in [0.25, 0.3) is 6.08 Å². The molecule has 2 fully saturated rings. The molecule has 1 saturated carbocycles. The number of carbonyl (C=O) groups excluding carboxylic acids is 1. The minimum Gasteiger partial charge on any atom is -0.481 e. The number of carboxylic acids is 1. The average Bonchev–Trinajstić information content (AvgIpc) is 3.47. The Morgan fingerprint density at radius 2 is 1.84 bits per heavy atom. The number of nitrogens with zero attached hydrogens (tertiary/aromatic N) is 2. The predicted octanol–water partition coefficient (Wildman–Crippen LogP) is 4.65. The average molecular weight is 429 g/mol. The van der Waals surface area contributed by atoms with E-state index in [4.69, 9.17) is 9.84 Å². The standard InChI is InChI=1S/C25H36N2O4/c1-18(16-19-8-6-5-7-9-19)21-17-22(21)27(24(30)31-25(2,3)4)20-10-13-26(14-11-20)15-12-23(28)29/h5-9,16,20-22H,10-15,17H2,1-4H3,(H,28,29)/b18-16+/t21-,22+/m0/s1. The summed E-state index contributed by atoms with van der Waals surface area (Å²) in [4.78, 5) is 28.2. The Hall–Kier alpha value is -2.34. The Morgan fingerprint density at radius 1 is 1.19 bits per heavy atom. The molecule has 3 rings (SSSR count). The van der Waals surface area contributed by atoms with Gasteiger partial charge in [-0.2, -0.15) is 0 Å². The fourth-order valence-corrected chi connectivity index (χ4v) is 4.44. The first-order valence-electron chi connectivity index (χ1n) is 11.3. The van der Waals surface area contributed by atoms with Gasteiger partial charge >= 0.3 is 12.1 Å². The second-order valence-corrected chi connectivity index (χ2v) is 9.81. The minimum absolute atomic E-state index is 0.135. The van der Waals surface area contributed by atoms with Gasteiger partial charge in [-0.1, -0.05) is 42.0 Å². The largest absolute Gasteiger partial charge is 0.481 e. The Balaban J connectivity index is 1.68. The van der Waals surface area contributed by atoms with Gasteiger partial charge in [0.2, 0.25) is 0 Å². The van der Waals surface area contributed by atoms with Gasteiger partial charge in [0, 0.05) is 37.6 Å². The number of benzene rings is 1. The summed E-state index contributed by atoms with van der Waals surface area (Å²) in [6, 6.07) is 10.6. The van der Waals surface area contributed by atoms with Crippen LogP contribution in [0.3, 0.4) is 0 Å². The second-order valence-electron chi connectivity index (χ2n) is 9.81. The predicted molar refractivity (Wildman–Crippen MR) is 122 cm³/mol. The highest BCUT2D eigenvalue weighted by Crippen LogP contribution is 2.44. The van der Waals surface area contributed by atoms with Crippen molar-refractivity contribution in [2.45, 2.75) is 71.1 Å². The summed E-state index contributed by atoms with van der Waals surface area (Å²) in [5, 5.41) is 8.93. The number of carboxylic acid groups (broad SMARTS) is 1. The number of rotatable bonds is 7. The molecule has 6 heteroatoms. The molecule has 31 heavy (non-hydrogen) atoms. The van der Waals surface area contributed by atoms with Crippen LogP contribution in [0.1, 0.15) is 58.9 Å². The summed E-state index contributed by atoms with van der Waals surface area (Å²) >= 11 is 0. The van der Waals surface area contributed by atoms with Gasteiger partial charge in [0.25, 0.3) is 0 Å². The van der Waals surface area contributed by atoms with Gasteiger partial charge in [0.1, 0.15) is 5.60 Å². The smallest absolute Gasteiger partial charge is 0.410 e. The molecule has 1 heterocycles. The summed E-state index contributed by atoms with van der Waals surface area (Å²) in [5.41, 5.74) is 1.95. The molecule has 2 aliphatic rings. The van der Waals surface area contributed by atoms with E-state index < -0.39 is 11.6 Å². The van der Waals surface area contributed by atoms with Crippen LogP contribution in [0.2, 0.25) is 0 Å². The van der Waals surface area contributed by atoms with E-state index in [0.717, 1.165) is 32.4 Å². The lowest BCUT2D eigenvalue weighted by molar-refractivity contribution is -0.137. The van der Waals surface area contributed by atoms with Gasteiger partial charge in [-0.05, 0) is 52.5 Å². The van der Waals surface area contributed by atoms with E-state index >= 15 is 0 Å². The van der Waals surface area contributed by atoms with E-state index in [1.54, 1.807) is 0 Å². The molecule has 1 aliphatic heterocycles. The Kier molecular flexibility index (Phi) is 7.42. The lowest BCUT2D eigenvalue weighted by Crippen LogP contribution is -2.50. The van der Waals surface area contributed by atoms with Crippen LogP contribution in [0.4, 0.5) is 4.79 Å². The van der Waals surface area contributed by atoms with E-state index in [1.807, 2.05) is 43.9 Å². The number of piperidine rings is 1. The molecule has 1 aliphatic carbocycles. The third-order valence-electron chi connectivity index (χ3n) is 6.09. The van der Waals surface area contributed by atoms with E-state index in [-0.39, 0.29) is 24.6 Å². The van der Waals surface area contributed by atoms with E-state index in [0.29, 0.717) is 12.5 Å². The lowest BCUT2D eigenvalue weighted by Gasteiger charge is -2.39. The normalized spacial score (nSPS) is 22.8. The molecule has 0 aromatic heterocycles. The van der Waals surface area contributed by atoms with Crippen LogP contribution >= 0.6 is 0 Å². The van der Waals surface area contributed by atoms with Crippen molar-refractivity contribution in [1.82, 2.24) is 9.80 Å². The molecule has 1 amide bonds. The van der Waals surface area contributed by atoms with Crippen molar-refractivity contribution < 1.29 is 19.4 Å². The monoisotopic (exact) mass is 428 g/mol. The van der Waals surface area contributed by atoms with Gasteiger partial charge in [0.15, 0.2) is 0 Å². The molecular weight excluding hydrogens is 392 g/mol. The summed E-state index contributed by atoms with van der Waals surface area (Å²) in [6.45, 7) is 10.1. The van der Waals surface area contributed by atoms with Crippen molar-refractivity contribution in [2.24, 2.45) is 5.92 Å². The van der Waals surface area contributed by atoms with Gasteiger partial charge in [-0.25, -0.2) is 4.79 Å². The van der Waals surface area contributed by atoms with Crippen LogP contribution in [0, 0.1) is 5.92 Å². The van der Waals surface area contributed by atoms with Gasteiger partial charge in [-0.15, -0.1) is 0 Å². The topological polar surface area (TPSA) is 70.1 Å². The number of ether oxygens (including phenoxy) is 1. The van der Waals surface area contributed by atoms with Crippen LogP contribution in [-0.2, 0) is 9.53 Å². The van der Waals surface area contributed by atoms with Crippen LogP contribution in [0.5, 0.6) is 0 Å². The minimum atomic E-state index is -0.765. The quantitative estimate of drug-likeness (QED) is 0.684. The summed E-state index contributed by atoms with van der Waals surface area (Å²) < 4.78 is 5.78. The van der Waals surface area contributed by atoms with Gasteiger partial charge < -0.3 is 19.6 Å². The summed E-state index contributed by atoms with van der Waals surface area (Å²) in [6.07, 6.45) is 4.82. The van der Waals surface area contributed by atoms with Crippen molar-refractivity contribution in [3.8, 4) is 0 Å². The Bertz CT molecular complexity index is 791. The fraction of sp³-hybridized carbons (Fsp3) is 0.600. The third kappa shape index (κ3) is 6.82. The van der Waals surface area contributed by atoms with E-state index in [2.05, 4.69) is 30.0 Å². The number of hydrogen-bond donors (Lipinski definition) is 1. The van der Waals surface area contributed by atoms with Crippen molar-refractivity contribution in [1.29, 1.82) is 0 Å². The first-order valence-corrected chi connectivity index (χ1v) is 11.3. The highest BCUT2D eigenvalue weighted by molar-refractivity contribution is 5.70. The highest BCUT2D eigenvalue weighted by atomic mass is 16.6. The molecule has 0 bridgehead atoms. The molecule has 1 saturated heterocycles. The maximum absolute atomic E-state index is 13.2. The maximum atomic E-state index is 13.2. The Morgan fingerprint density at radius 3 is 2.42 bits per heavy atom. The maximum Gasteiger partial charge on any atom is 0.410 e. The van der Waals surface area contributed by atoms with Crippen molar-refractivity contribution in [3.05, 3.63) is 41.5 Å². The zero-order chi connectivity index (χ0) is 22.6. The zero-order valence-electron chi connectivity index (χ0n) is 19.2. The molecule has 2 atom stereocenters. The molecule has 6 nitrogen and oxygen atoms in total. The molecular formula is C25H36N2O4. The van der Waals surface area contributed by atoms with E-state index in [1.165, 1.54) is 11.1 Å². The highest BCUT2D eigenvalue weighted by Gasteiger charge is 2.48. The molecule has 0 unspecified atom stereocenters. The first-order chi connectivity index (χ1) is 14.6. The molecule has 0 spiro atoms. The number of hydrogen-bond acceptors (Lipinski definition) is 4. The van der Waals surface area contributed by atoms with Gasteiger partial charge in [-0.3, -0.25) is 4.79 Å². The molecule has 170 valence electrons. The first kappa shape index (κ1) is 23.3. The van der Waals surface area contributed by atoms with Crippen LogP contribution < -0.4 is 0 Å². The second kappa shape index (κ2) is 9.86. The van der Waals surface area contributed by atoms with Crippen molar-refractivity contribution in [3.63, 3.8) is 0 Å². The van der Waals surface area contributed by atoms with E-state index in [9.17, 15) is 9.59 Å². The Labute approximate surface area is 185 Å². The number of carbonyl (C=O) groups is 2. The third-order valence-corrected chi connectivity index (χ3v) is 6.09. The fourth-order valence-electron chi connectivity index (χ4n) is 4.44. The number of aliphatic carboxylic acids is 1. The van der Waals surface area contributed by atoms with Crippen molar-refractivity contribution >= 4 is 18.1 Å². The number of amides is 1. The van der Waals surface area contributed by atoms with Crippen LogP contribution in [-0.4, -0.2) is 64.3 Å². The summed E-state index contributed by atoms with van der Waals surface area (Å²) in [7, 11) is 0. The lowest BCUT2D eigenvalue weighted by atomic mass is 10.0. The molecule has 1 aromatic carbocycles. The van der Waals surface area contributed by atoms with Crippen LogP contribution in [0.15, 0.2) is 35.9 Å².